The van der Waals surface area contributed by atoms with Crippen LogP contribution in [-0.2, 0) is 14.4 Å². The van der Waals surface area contributed by atoms with Crippen molar-refractivity contribution in [2.75, 3.05) is 13.1 Å². The zero-order valence-corrected chi connectivity index (χ0v) is 12.5. The fourth-order valence-corrected chi connectivity index (χ4v) is 2.36. The number of hydrogen-bond donors (Lipinski definition) is 1. The van der Waals surface area contributed by atoms with E-state index in [1.807, 2.05) is 0 Å². The number of aliphatic imine (C=N–C) groups is 3. The van der Waals surface area contributed by atoms with Gasteiger partial charge < -0.3 is 5.32 Å². The van der Waals surface area contributed by atoms with E-state index in [1.54, 1.807) is 12.2 Å². The van der Waals surface area contributed by atoms with Gasteiger partial charge in [-0.05, 0) is 6.08 Å². The predicted molar refractivity (Wildman–Crippen MR) is 84.8 cm³/mol. The summed E-state index contributed by atoms with van der Waals surface area (Å²) in [5.41, 5.74) is 0. The molecule has 2 atom stereocenters. The summed E-state index contributed by atoms with van der Waals surface area (Å²) in [6.07, 6.45) is 8.60. The fourth-order valence-electron chi connectivity index (χ4n) is 2.36. The van der Waals surface area contributed by atoms with Crippen molar-refractivity contribution in [2.45, 2.75) is 0 Å². The van der Waals surface area contributed by atoms with Gasteiger partial charge in [-0.15, -0.1) is 0 Å². The Morgan fingerprint density at radius 2 is 2.04 bits per heavy atom. The molecule has 0 saturated carbocycles. The number of carbonyl (C=O) groups is 4. The third kappa shape index (κ3) is 3.09. The largest absolute Gasteiger partial charge is 0.353 e. The topological polar surface area (TPSA) is 121 Å². The number of amides is 5. The Morgan fingerprint density at radius 1 is 1.21 bits per heavy atom. The Bertz CT molecular complexity index is 746. The molecule has 0 saturated heterocycles. The van der Waals surface area contributed by atoms with Gasteiger partial charge in [0.2, 0.25) is 11.8 Å². The van der Waals surface area contributed by atoms with Crippen LogP contribution in [0, 0.1) is 11.8 Å². The fraction of sp³-hybridized carbons (Fsp3) is 0.267. The second kappa shape index (κ2) is 6.49. The Kier molecular flexibility index (Phi) is 4.23. The van der Waals surface area contributed by atoms with E-state index in [2.05, 4.69) is 20.3 Å². The summed E-state index contributed by atoms with van der Waals surface area (Å²) in [6, 6.07) is -0.697. The smallest absolute Gasteiger partial charge is 0.352 e. The lowest BCUT2D eigenvalue weighted by Gasteiger charge is -2.27. The first-order valence-electron chi connectivity index (χ1n) is 7.25. The molecule has 9 heteroatoms. The highest BCUT2D eigenvalue weighted by atomic mass is 16.2. The third-order valence-corrected chi connectivity index (χ3v) is 3.59. The summed E-state index contributed by atoms with van der Waals surface area (Å²) in [5.74, 6) is -2.33. The van der Waals surface area contributed by atoms with Crippen LogP contribution in [-0.4, -0.2) is 60.0 Å². The molecule has 3 aliphatic heterocycles. The Balaban J connectivity index is 1.56. The molecule has 3 rings (SSSR count). The second-order valence-electron chi connectivity index (χ2n) is 5.18. The molecule has 0 aromatic heterocycles. The number of dihydropyridines is 2. The summed E-state index contributed by atoms with van der Waals surface area (Å²) in [6.45, 7) is 0.0771. The first-order valence-corrected chi connectivity index (χ1v) is 7.25. The predicted octanol–water partition coefficient (Wildman–Crippen LogP) is -0.496. The SMILES string of the molecule is O=C1C=CC(C(=O)NCCN2C(=O)N=C3N=CC=CC3C2=O)C=N1. The van der Waals surface area contributed by atoms with E-state index < -0.39 is 29.7 Å². The van der Waals surface area contributed by atoms with Crippen molar-refractivity contribution in [1.29, 1.82) is 0 Å². The molecule has 2 unspecified atom stereocenters. The van der Waals surface area contributed by atoms with Crippen LogP contribution in [0.25, 0.3) is 0 Å². The van der Waals surface area contributed by atoms with E-state index in [0.29, 0.717) is 0 Å². The zero-order valence-electron chi connectivity index (χ0n) is 12.5. The second-order valence-corrected chi connectivity index (χ2v) is 5.18. The van der Waals surface area contributed by atoms with E-state index >= 15 is 0 Å². The van der Waals surface area contributed by atoms with Crippen molar-refractivity contribution in [3.8, 4) is 0 Å². The molecular formula is C15H13N5O4. The average Bonchev–Trinajstić information content (AvgIpc) is 2.58. The van der Waals surface area contributed by atoms with Gasteiger partial charge >= 0.3 is 6.03 Å². The molecule has 0 aliphatic carbocycles. The molecule has 0 bridgehead atoms. The average molecular weight is 327 g/mol. The van der Waals surface area contributed by atoms with Gasteiger partial charge in [0.25, 0.3) is 5.91 Å². The number of nitrogens with zero attached hydrogens (tertiary/aromatic N) is 4. The van der Waals surface area contributed by atoms with E-state index in [-0.39, 0.29) is 24.8 Å². The molecule has 3 heterocycles. The standard InChI is InChI=1S/C15H13N5O4/c21-11-4-3-9(8-18-11)13(22)17-6-7-20-14(23)10-2-1-5-16-12(10)19-15(20)24/h1-5,8-10H,6-7H2,(H,17,22). The maximum absolute atomic E-state index is 12.3. The number of allylic oxidation sites excluding steroid dienone is 1. The first kappa shape index (κ1) is 15.7. The Labute approximate surface area is 136 Å². The molecule has 9 nitrogen and oxygen atoms in total. The number of fused-ring (bicyclic) bond motifs is 1. The van der Waals surface area contributed by atoms with Gasteiger partial charge in [-0.1, -0.05) is 12.2 Å². The number of nitrogens with one attached hydrogen (secondary N) is 1. The lowest BCUT2D eigenvalue weighted by Crippen LogP contribution is -2.49. The number of imide groups is 1. The van der Waals surface area contributed by atoms with Crippen LogP contribution in [0.2, 0.25) is 0 Å². The summed E-state index contributed by atoms with van der Waals surface area (Å²) in [7, 11) is 0. The third-order valence-electron chi connectivity index (χ3n) is 3.59. The minimum atomic E-state index is -0.697. The molecule has 3 aliphatic rings. The molecule has 122 valence electrons. The van der Waals surface area contributed by atoms with Crippen LogP contribution in [0.3, 0.4) is 0 Å². The van der Waals surface area contributed by atoms with Crippen LogP contribution in [0.4, 0.5) is 4.79 Å². The molecule has 0 spiro atoms. The van der Waals surface area contributed by atoms with E-state index in [4.69, 9.17) is 0 Å². The lowest BCUT2D eigenvalue weighted by molar-refractivity contribution is -0.130. The molecular weight excluding hydrogens is 314 g/mol. The number of urea groups is 1. The first-order chi connectivity index (χ1) is 11.6. The van der Waals surface area contributed by atoms with Crippen molar-refractivity contribution in [2.24, 2.45) is 26.8 Å². The monoisotopic (exact) mass is 327 g/mol. The van der Waals surface area contributed by atoms with E-state index in [0.717, 1.165) is 4.90 Å². The van der Waals surface area contributed by atoms with Crippen LogP contribution in [0.5, 0.6) is 0 Å². The maximum Gasteiger partial charge on any atom is 0.352 e. The number of rotatable bonds is 4. The van der Waals surface area contributed by atoms with Crippen LogP contribution in [0.15, 0.2) is 39.3 Å². The molecule has 0 fully saturated rings. The molecule has 24 heavy (non-hydrogen) atoms. The van der Waals surface area contributed by atoms with E-state index in [9.17, 15) is 19.2 Å². The highest BCUT2D eigenvalue weighted by Gasteiger charge is 2.36. The van der Waals surface area contributed by atoms with Crippen molar-refractivity contribution < 1.29 is 19.2 Å². The maximum atomic E-state index is 12.3. The van der Waals surface area contributed by atoms with Gasteiger partial charge in [0.15, 0.2) is 0 Å². The van der Waals surface area contributed by atoms with Crippen LogP contribution >= 0.6 is 0 Å². The summed E-state index contributed by atoms with van der Waals surface area (Å²) < 4.78 is 0. The molecule has 5 amide bonds. The molecule has 0 radical (unpaired) electrons. The Morgan fingerprint density at radius 3 is 2.79 bits per heavy atom. The highest BCUT2D eigenvalue weighted by molar-refractivity contribution is 6.19. The molecule has 1 N–H and O–H groups in total. The quantitative estimate of drug-likeness (QED) is 0.748. The summed E-state index contributed by atoms with van der Waals surface area (Å²) in [4.78, 5) is 59.3. The number of carbonyl (C=O) groups excluding carboxylic acids is 4. The highest BCUT2D eigenvalue weighted by Crippen LogP contribution is 2.18. The van der Waals surface area contributed by atoms with Crippen molar-refractivity contribution >= 4 is 42.0 Å². The van der Waals surface area contributed by atoms with Crippen molar-refractivity contribution in [1.82, 2.24) is 10.2 Å². The van der Waals surface area contributed by atoms with Gasteiger partial charge in [0.05, 0.1) is 5.92 Å². The van der Waals surface area contributed by atoms with Gasteiger partial charge in [0, 0.05) is 31.6 Å². The van der Waals surface area contributed by atoms with Gasteiger partial charge in [-0.3, -0.25) is 19.3 Å². The minimum absolute atomic E-state index is 0.000743. The molecule has 0 aromatic rings. The van der Waals surface area contributed by atoms with Crippen LogP contribution < -0.4 is 5.32 Å². The van der Waals surface area contributed by atoms with Gasteiger partial charge in [-0.25, -0.2) is 14.8 Å². The number of amidine groups is 1. The van der Waals surface area contributed by atoms with Gasteiger partial charge in [-0.2, -0.15) is 4.99 Å². The normalized spacial score (nSPS) is 24.9. The van der Waals surface area contributed by atoms with Crippen molar-refractivity contribution in [3.05, 3.63) is 24.3 Å². The minimum Gasteiger partial charge on any atom is -0.353 e. The van der Waals surface area contributed by atoms with Crippen LogP contribution in [0.1, 0.15) is 0 Å². The lowest BCUT2D eigenvalue weighted by atomic mass is 10.0. The summed E-state index contributed by atoms with van der Waals surface area (Å²) in [5, 5.41) is 2.59. The van der Waals surface area contributed by atoms with Crippen molar-refractivity contribution in [3.63, 3.8) is 0 Å². The zero-order chi connectivity index (χ0) is 17.1. The van der Waals surface area contributed by atoms with E-state index in [1.165, 1.54) is 24.6 Å². The van der Waals surface area contributed by atoms with Gasteiger partial charge in [0.1, 0.15) is 11.8 Å². The number of hydrogen-bond acceptors (Lipinski definition) is 5. The summed E-state index contributed by atoms with van der Waals surface area (Å²) >= 11 is 0. The molecule has 0 aromatic carbocycles. The Hall–Kier alpha value is -3.23.